The average Bonchev–Trinajstić information content (AvgIpc) is 2.92. The summed E-state index contributed by atoms with van der Waals surface area (Å²) in [5.74, 6) is 0.498. The Morgan fingerprint density at radius 1 is 1.23 bits per heavy atom. The van der Waals surface area contributed by atoms with Crippen LogP contribution < -0.4 is 0 Å². The summed E-state index contributed by atoms with van der Waals surface area (Å²) in [6.45, 7) is 2.07. The van der Waals surface area contributed by atoms with Gasteiger partial charge in [-0.05, 0) is 43.0 Å². The van der Waals surface area contributed by atoms with Gasteiger partial charge in [-0.1, -0.05) is 30.7 Å². The minimum absolute atomic E-state index is 0.148. The van der Waals surface area contributed by atoms with Crippen LogP contribution in [-0.2, 0) is 16.3 Å². The first kappa shape index (κ1) is 15.6. The zero-order chi connectivity index (χ0) is 15.7. The fourth-order valence-electron chi connectivity index (χ4n) is 2.85. The molecule has 1 saturated heterocycles. The van der Waals surface area contributed by atoms with Gasteiger partial charge in [0.1, 0.15) is 9.84 Å². The lowest BCUT2D eigenvalue weighted by Gasteiger charge is -2.24. The molecule has 0 aliphatic carbocycles. The lowest BCUT2D eigenvalue weighted by molar-refractivity contribution is 0.415. The van der Waals surface area contributed by atoms with E-state index in [2.05, 4.69) is 18.1 Å². The first-order valence-electron chi connectivity index (χ1n) is 7.53. The molecule has 1 aromatic carbocycles. The molecule has 118 valence electrons. The molecular formula is C16H19ClN2O2S. The summed E-state index contributed by atoms with van der Waals surface area (Å²) < 4.78 is 25.3. The Kier molecular flexibility index (Phi) is 4.28. The van der Waals surface area contributed by atoms with Crippen LogP contribution in [-0.4, -0.2) is 29.7 Å². The van der Waals surface area contributed by atoms with E-state index >= 15 is 0 Å². The first-order chi connectivity index (χ1) is 10.5. The monoisotopic (exact) mass is 338 g/mol. The highest BCUT2D eigenvalue weighted by Crippen LogP contribution is 2.30. The number of aromatic nitrogens is 2. The van der Waals surface area contributed by atoms with Crippen LogP contribution in [0.25, 0.3) is 11.3 Å². The number of rotatable bonds is 3. The van der Waals surface area contributed by atoms with E-state index in [0.29, 0.717) is 17.9 Å². The summed E-state index contributed by atoms with van der Waals surface area (Å²) in [6.07, 6.45) is 2.13. The molecule has 1 aliphatic heterocycles. The number of benzene rings is 1. The number of aryl methyl sites for hydroxylation is 1. The molecule has 1 aromatic heterocycles. The maximum absolute atomic E-state index is 11.6. The Morgan fingerprint density at radius 2 is 1.86 bits per heavy atom. The first-order valence-corrected chi connectivity index (χ1v) is 9.73. The highest BCUT2D eigenvalue weighted by molar-refractivity contribution is 7.91. The van der Waals surface area contributed by atoms with E-state index in [0.717, 1.165) is 23.4 Å². The zero-order valence-electron chi connectivity index (χ0n) is 12.5. The van der Waals surface area contributed by atoms with Gasteiger partial charge in [0.15, 0.2) is 0 Å². The molecule has 0 saturated carbocycles. The SMILES string of the molecule is CCc1cc(-c2ccc(Cl)cc2)n(C2CCS(=O)(=O)CC2)n1. The fraction of sp³-hybridized carbons (Fsp3) is 0.438. The van der Waals surface area contributed by atoms with Crippen LogP contribution in [0.4, 0.5) is 0 Å². The smallest absolute Gasteiger partial charge is 0.150 e. The van der Waals surface area contributed by atoms with Gasteiger partial charge in [0.2, 0.25) is 0 Å². The van der Waals surface area contributed by atoms with Gasteiger partial charge in [-0.3, -0.25) is 4.68 Å². The second-order valence-electron chi connectivity index (χ2n) is 5.71. The molecule has 0 radical (unpaired) electrons. The van der Waals surface area contributed by atoms with Gasteiger partial charge >= 0.3 is 0 Å². The van der Waals surface area contributed by atoms with Crippen molar-refractivity contribution < 1.29 is 8.42 Å². The van der Waals surface area contributed by atoms with Crippen molar-refractivity contribution in [1.29, 1.82) is 0 Å². The quantitative estimate of drug-likeness (QED) is 0.860. The van der Waals surface area contributed by atoms with Crippen molar-refractivity contribution in [3.8, 4) is 11.3 Å². The maximum atomic E-state index is 11.6. The minimum atomic E-state index is -2.86. The van der Waals surface area contributed by atoms with Gasteiger partial charge < -0.3 is 0 Å². The van der Waals surface area contributed by atoms with E-state index in [-0.39, 0.29) is 17.5 Å². The van der Waals surface area contributed by atoms with Crippen molar-refractivity contribution in [2.45, 2.75) is 32.2 Å². The third-order valence-electron chi connectivity index (χ3n) is 4.16. The minimum Gasteiger partial charge on any atom is -0.261 e. The van der Waals surface area contributed by atoms with Crippen molar-refractivity contribution in [2.75, 3.05) is 11.5 Å². The third-order valence-corrected chi connectivity index (χ3v) is 6.13. The second kappa shape index (κ2) is 6.05. The maximum Gasteiger partial charge on any atom is 0.150 e. The molecule has 0 bridgehead atoms. The van der Waals surface area contributed by atoms with E-state index in [9.17, 15) is 8.42 Å². The summed E-state index contributed by atoms with van der Waals surface area (Å²) in [4.78, 5) is 0. The molecule has 0 N–H and O–H groups in total. The van der Waals surface area contributed by atoms with E-state index in [1.807, 2.05) is 28.9 Å². The highest BCUT2D eigenvalue weighted by atomic mass is 35.5. The largest absolute Gasteiger partial charge is 0.261 e. The topological polar surface area (TPSA) is 52.0 Å². The molecule has 0 unspecified atom stereocenters. The molecule has 2 aromatic rings. The van der Waals surface area contributed by atoms with E-state index in [1.54, 1.807) is 0 Å². The lowest BCUT2D eigenvalue weighted by Crippen LogP contribution is -2.26. The van der Waals surface area contributed by atoms with Crippen molar-refractivity contribution in [1.82, 2.24) is 9.78 Å². The van der Waals surface area contributed by atoms with Crippen molar-refractivity contribution in [3.63, 3.8) is 0 Å². The van der Waals surface area contributed by atoms with Crippen LogP contribution >= 0.6 is 11.6 Å². The van der Waals surface area contributed by atoms with Crippen LogP contribution in [0.3, 0.4) is 0 Å². The lowest BCUT2D eigenvalue weighted by atomic mass is 10.1. The van der Waals surface area contributed by atoms with Gasteiger partial charge in [0.05, 0.1) is 28.9 Å². The van der Waals surface area contributed by atoms with E-state index < -0.39 is 9.84 Å². The second-order valence-corrected chi connectivity index (χ2v) is 8.45. The molecule has 4 nitrogen and oxygen atoms in total. The highest BCUT2D eigenvalue weighted by Gasteiger charge is 2.27. The Hall–Kier alpha value is -1.33. The van der Waals surface area contributed by atoms with Crippen LogP contribution in [0.1, 0.15) is 31.5 Å². The molecule has 0 amide bonds. The molecular weight excluding hydrogens is 320 g/mol. The molecule has 1 fully saturated rings. The number of hydrogen-bond donors (Lipinski definition) is 0. The van der Waals surface area contributed by atoms with E-state index in [4.69, 9.17) is 11.6 Å². The molecule has 3 rings (SSSR count). The molecule has 6 heteroatoms. The molecule has 0 spiro atoms. The number of sulfone groups is 1. The average molecular weight is 339 g/mol. The summed E-state index contributed by atoms with van der Waals surface area (Å²) in [6, 6.07) is 9.93. The normalized spacial score (nSPS) is 18.5. The number of halogens is 1. The summed E-state index contributed by atoms with van der Waals surface area (Å²) in [7, 11) is -2.86. The van der Waals surface area contributed by atoms with Crippen molar-refractivity contribution >= 4 is 21.4 Å². The Labute approximate surface area is 136 Å². The summed E-state index contributed by atoms with van der Waals surface area (Å²) in [5, 5.41) is 5.39. The molecule has 2 heterocycles. The fourth-order valence-corrected chi connectivity index (χ4v) is 4.45. The predicted molar refractivity (Wildman–Crippen MR) is 89.0 cm³/mol. The van der Waals surface area contributed by atoms with Gasteiger partial charge in [-0.2, -0.15) is 5.10 Å². The Bertz CT molecular complexity index is 752. The van der Waals surface area contributed by atoms with Gasteiger partial charge in [0.25, 0.3) is 0 Å². The predicted octanol–water partition coefficient (Wildman–Crippen LogP) is 3.52. The molecule has 1 aliphatic rings. The molecule has 22 heavy (non-hydrogen) atoms. The van der Waals surface area contributed by atoms with Gasteiger partial charge in [-0.25, -0.2) is 8.42 Å². The van der Waals surface area contributed by atoms with Crippen molar-refractivity contribution in [3.05, 3.63) is 41.0 Å². The molecule has 0 atom stereocenters. The van der Waals surface area contributed by atoms with Crippen LogP contribution in [0.5, 0.6) is 0 Å². The van der Waals surface area contributed by atoms with Crippen LogP contribution in [0.15, 0.2) is 30.3 Å². The zero-order valence-corrected chi connectivity index (χ0v) is 14.1. The number of nitrogens with zero attached hydrogens (tertiary/aromatic N) is 2. The van der Waals surface area contributed by atoms with Crippen LogP contribution in [0, 0.1) is 0 Å². The van der Waals surface area contributed by atoms with Crippen LogP contribution in [0.2, 0.25) is 5.02 Å². The number of hydrogen-bond acceptors (Lipinski definition) is 3. The van der Waals surface area contributed by atoms with Gasteiger partial charge in [-0.15, -0.1) is 0 Å². The van der Waals surface area contributed by atoms with E-state index in [1.165, 1.54) is 0 Å². The van der Waals surface area contributed by atoms with Gasteiger partial charge in [0, 0.05) is 5.02 Å². The summed E-state index contributed by atoms with van der Waals surface area (Å²) in [5.41, 5.74) is 3.13. The van der Waals surface area contributed by atoms with Crippen molar-refractivity contribution in [2.24, 2.45) is 0 Å². The Morgan fingerprint density at radius 3 is 2.45 bits per heavy atom. The third kappa shape index (κ3) is 3.20. The standard InChI is InChI=1S/C16H19ClN2O2S/c1-2-14-11-16(12-3-5-13(17)6-4-12)19(18-14)15-7-9-22(20,21)10-8-15/h3-6,11,15H,2,7-10H2,1H3. The summed E-state index contributed by atoms with van der Waals surface area (Å²) >= 11 is 5.96. The Balaban J connectivity index is 1.97.